The third-order valence-corrected chi connectivity index (χ3v) is 1.87. The van der Waals surface area contributed by atoms with Gasteiger partial charge in [0.15, 0.2) is 5.82 Å². The first-order valence-electron chi connectivity index (χ1n) is 4.64. The van der Waals surface area contributed by atoms with Crippen molar-refractivity contribution in [3.8, 4) is 6.07 Å². The van der Waals surface area contributed by atoms with Crippen molar-refractivity contribution in [3.63, 3.8) is 0 Å². The van der Waals surface area contributed by atoms with Crippen LogP contribution in [0.25, 0.3) is 0 Å². The summed E-state index contributed by atoms with van der Waals surface area (Å²) >= 11 is 0. The number of aryl methyl sites for hydroxylation is 1. The van der Waals surface area contributed by atoms with Gasteiger partial charge in [-0.1, -0.05) is 12.1 Å². The Kier molecular flexibility index (Phi) is 3.80. The van der Waals surface area contributed by atoms with E-state index in [4.69, 9.17) is 9.78 Å². The van der Waals surface area contributed by atoms with Gasteiger partial charge in [0.1, 0.15) is 5.92 Å². The van der Waals surface area contributed by atoms with E-state index in [0.29, 0.717) is 18.1 Å². The highest BCUT2D eigenvalue weighted by Crippen LogP contribution is 2.01. The minimum absolute atomic E-state index is 0.189. The predicted octanol–water partition coefficient (Wildman–Crippen LogP) is 0.544. The van der Waals surface area contributed by atoms with Gasteiger partial charge in [0.25, 0.3) is 0 Å². The zero-order chi connectivity index (χ0) is 11.3. The molecule has 1 amide bonds. The SMILES string of the molecule is CCC(C#N)C(=O)NCc1noc(C)n1. The summed E-state index contributed by atoms with van der Waals surface area (Å²) in [6.45, 7) is 3.64. The molecule has 80 valence electrons. The molecule has 0 aliphatic carbocycles. The van der Waals surface area contributed by atoms with Gasteiger partial charge >= 0.3 is 0 Å². The molecular formula is C9H12N4O2. The largest absolute Gasteiger partial charge is 0.348 e. The second-order valence-corrected chi connectivity index (χ2v) is 3.04. The molecule has 0 fully saturated rings. The number of carbonyl (C=O) groups is 1. The van der Waals surface area contributed by atoms with Crippen molar-refractivity contribution >= 4 is 5.91 Å². The Morgan fingerprint density at radius 3 is 2.93 bits per heavy atom. The predicted molar refractivity (Wildman–Crippen MR) is 50.3 cm³/mol. The molecule has 0 aromatic carbocycles. The normalized spacial score (nSPS) is 11.8. The molecule has 0 spiro atoms. The van der Waals surface area contributed by atoms with Crippen LogP contribution in [0, 0.1) is 24.2 Å². The van der Waals surface area contributed by atoms with Gasteiger partial charge in [-0.2, -0.15) is 10.2 Å². The van der Waals surface area contributed by atoms with Crippen molar-refractivity contribution in [2.24, 2.45) is 5.92 Å². The van der Waals surface area contributed by atoms with Crippen molar-refractivity contribution in [2.75, 3.05) is 0 Å². The van der Waals surface area contributed by atoms with Crippen molar-refractivity contribution in [3.05, 3.63) is 11.7 Å². The summed E-state index contributed by atoms with van der Waals surface area (Å²) in [5.41, 5.74) is 0. The highest BCUT2D eigenvalue weighted by atomic mass is 16.5. The van der Waals surface area contributed by atoms with Crippen molar-refractivity contribution < 1.29 is 9.32 Å². The van der Waals surface area contributed by atoms with Gasteiger partial charge in [-0.25, -0.2) is 0 Å². The number of nitriles is 1. The number of aromatic nitrogens is 2. The van der Waals surface area contributed by atoms with Gasteiger partial charge in [0, 0.05) is 6.92 Å². The summed E-state index contributed by atoms with van der Waals surface area (Å²) < 4.78 is 4.73. The minimum Gasteiger partial charge on any atom is -0.348 e. The molecule has 1 unspecified atom stereocenters. The zero-order valence-corrected chi connectivity index (χ0v) is 8.65. The number of amides is 1. The topological polar surface area (TPSA) is 91.8 Å². The Balaban J connectivity index is 2.44. The van der Waals surface area contributed by atoms with Crippen LogP contribution in [0.2, 0.25) is 0 Å². The molecule has 6 heteroatoms. The van der Waals surface area contributed by atoms with Gasteiger partial charge in [0.2, 0.25) is 11.8 Å². The number of carbonyl (C=O) groups excluding carboxylic acids is 1. The molecule has 1 atom stereocenters. The van der Waals surface area contributed by atoms with Gasteiger partial charge in [-0.3, -0.25) is 4.79 Å². The fourth-order valence-electron chi connectivity index (χ4n) is 1.04. The molecule has 1 rings (SSSR count). The molecule has 15 heavy (non-hydrogen) atoms. The Morgan fingerprint density at radius 1 is 1.73 bits per heavy atom. The molecule has 1 N–H and O–H groups in total. The van der Waals surface area contributed by atoms with Crippen LogP contribution in [0.3, 0.4) is 0 Å². The highest BCUT2D eigenvalue weighted by Gasteiger charge is 2.15. The maximum atomic E-state index is 11.4. The molecule has 0 saturated carbocycles. The fourth-order valence-corrected chi connectivity index (χ4v) is 1.04. The van der Waals surface area contributed by atoms with E-state index in [-0.39, 0.29) is 12.5 Å². The van der Waals surface area contributed by atoms with Crippen LogP contribution in [0.1, 0.15) is 25.1 Å². The first kappa shape index (κ1) is 11.2. The summed E-state index contributed by atoms with van der Waals surface area (Å²) in [6.07, 6.45) is 0.494. The number of nitrogens with one attached hydrogen (secondary N) is 1. The molecule has 0 bridgehead atoms. The first-order valence-corrected chi connectivity index (χ1v) is 4.64. The molecule has 1 aromatic rings. The highest BCUT2D eigenvalue weighted by molar-refractivity contribution is 5.80. The number of nitrogens with zero attached hydrogens (tertiary/aromatic N) is 3. The lowest BCUT2D eigenvalue weighted by Gasteiger charge is -2.05. The summed E-state index contributed by atoms with van der Waals surface area (Å²) in [5, 5.41) is 14.8. The van der Waals surface area contributed by atoms with E-state index in [9.17, 15) is 4.79 Å². The van der Waals surface area contributed by atoms with E-state index in [1.54, 1.807) is 13.8 Å². The van der Waals surface area contributed by atoms with Gasteiger partial charge in [-0.05, 0) is 6.42 Å². The fraction of sp³-hybridized carbons (Fsp3) is 0.556. The standard InChI is InChI=1S/C9H12N4O2/c1-3-7(4-10)9(14)11-5-8-12-6(2)15-13-8/h7H,3,5H2,1-2H3,(H,11,14). The molecule has 0 radical (unpaired) electrons. The van der Waals surface area contributed by atoms with E-state index in [0.717, 1.165) is 0 Å². The number of hydrogen-bond acceptors (Lipinski definition) is 5. The van der Waals surface area contributed by atoms with Crippen LogP contribution in [-0.2, 0) is 11.3 Å². The average Bonchev–Trinajstić information content (AvgIpc) is 2.63. The van der Waals surface area contributed by atoms with E-state index < -0.39 is 5.92 Å². The third-order valence-electron chi connectivity index (χ3n) is 1.87. The van der Waals surface area contributed by atoms with Crippen molar-refractivity contribution in [1.29, 1.82) is 5.26 Å². The zero-order valence-electron chi connectivity index (χ0n) is 8.65. The quantitative estimate of drug-likeness (QED) is 0.779. The summed E-state index contributed by atoms with van der Waals surface area (Å²) in [4.78, 5) is 15.3. The first-order chi connectivity index (χ1) is 7.17. The Labute approximate surface area is 87.3 Å². The van der Waals surface area contributed by atoms with Gasteiger partial charge < -0.3 is 9.84 Å². The van der Waals surface area contributed by atoms with Crippen LogP contribution in [-0.4, -0.2) is 16.0 Å². The smallest absolute Gasteiger partial charge is 0.237 e. The average molecular weight is 208 g/mol. The van der Waals surface area contributed by atoms with Crippen molar-refractivity contribution in [2.45, 2.75) is 26.8 Å². The van der Waals surface area contributed by atoms with E-state index in [1.165, 1.54) is 0 Å². The van der Waals surface area contributed by atoms with Crippen LogP contribution in [0.5, 0.6) is 0 Å². The lowest BCUT2D eigenvalue weighted by molar-refractivity contribution is -0.123. The Bertz CT molecular complexity index is 380. The monoisotopic (exact) mass is 208 g/mol. The molecule has 1 aromatic heterocycles. The van der Waals surface area contributed by atoms with E-state index in [1.807, 2.05) is 6.07 Å². The summed E-state index contributed by atoms with van der Waals surface area (Å²) in [5.74, 6) is -0.0549. The van der Waals surface area contributed by atoms with Crippen LogP contribution < -0.4 is 5.32 Å². The number of hydrogen-bond donors (Lipinski definition) is 1. The van der Waals surface area contributed by atoms with E-state index >= 15 is 0 Å². The molecule has 0 saturated heterocycles. The number of rotatable bonds is 4. The molecule has 0 aliphatic rings. The molecule has 0 aliphatic heterocycles. The summed E-state index contributed by atoms with van der Waals surface area (Å²) in [7, 11) is 0. The van der Waals surface area contributed by atoms with Gasteiger partial charge in [0.05, 0.1) is 12.6 Å². The van der Waals surface area contributed by atoms with Gasteiger partial charge in [-0.15, -0.1) is 0 Å². The second kappa shape index (κ2) is 5.10. The van der Waals surface area contributed by atoms with Crippen molar-refractivity contribution in [1.82, 2.24) is 15.5 Å². The lowest BCUT2D eigenvalue weighted by atomic mass is 10.1. The lowest BCUT2D eigenvalue weighted by Crippen LogP contribution is -2.29. The second-order valence-electron chi connectivity index (χ2n) is 3.04. The minimum atomic E-state index is -0.613. The Morgan fingerprint density at radius 2 is 2.47 bits per heavy atom. The molecule has 6 nitrogen and oxygen atoms in total. The molecular weight excluding hydrogens is 196 g/mol. The molecule has 1 heterocycles. The maximum absolute atomic E-state index is 11.4. The summed E-state index contributed by atoms with van der Waals surface area (Å²) in [6, 6.07) is 1.92. The Hall–Kier alpha value is -1.90. The van der Waals surface area contributed by atoms with Crippen LogP contribution in [0.4, 0.5) is 0 Å². The third kappa shape index (κ3) is 3.06. The maximum Gasteiger partial charge on any atom is 0.237 e. The van der Waals surface area contributed by atoms with Crippen LogP contribution in [0.15, 0.2) is 4.52 Å². The van der Waals surface area contributed by atoms with E-state index in [2.05, 4.69) is 15.5 Å². The van der Waals surface area contributed by atoms with Crippen LogP contribution >= 0.6 is 0 Å².